The lowest BCUT2D eigenvalue weighted by molar-refractivity contribution is -0.121. The van der Waals surface area contributed by atoms with E-state index in [0.29, 0.717) is 12.3 Å². The van der Waals surface area contributed by atoms with Crippen LogP contribution in [-0.2, 0) is 11.2 Å². The zero-order chi connectivity index (χ0) is 18.2. The molecule has 1 amide bonds. The Morgan fingerprint density at radius 1 is 1.38 bits per heavy atom. The van der Waals surface area contributed by atoms with Gasteiger partial charge in [0.1, 0.15) is 0 Å². The summed E-state index contributed by atoms with van der Waals surface area (Å²) in [6, 6.07) is 5.84. The van der Waals surface area contributed by atoms with Crippen molar-refractivity contribution in [3.63, 3.8) is 0 Å². The molecule has 1 heterocycles. The minimum Gasteiger partial charge on any atom is -0.359 e. The van der Waals surface area contributed by atoms with Crippen LogP contribution in [0.25, 0.3) is 0 Å². The minimum atomic E-state index is 0. The molecule has 0 unspecified atom stereocenters. The van der Waals surface area contributed by atoms with E-state index in [1.165, 1.54) is 5.56 Å². The summed E-state index contributed by atoms with van der Waals surface area (Å²) in [6.07, 6.45) is 3.54. The van der Waals surface area contributed by atoms with Gasteiger partial charge in [0.2, 0.25) is 5.91 Å². The topological polar surface area (TPSA) is 56.7 Å². The molecule has 0 aromatic heterocycles. The van der Waals surface area contributed by atoms with E-state index in [1.54, 1.807) is 7.05 Å². The maximum atomic E-state index is 11.5. The number of hydrogen-bond donors (Lipinski definition) is 2. The Kier molecular flexibility index (Phi) is 10.9. The van der Waals surface area contributed by atoms with E-state index in [9.17, 15) is 4.79 Å². The number of nitrogens with one attached hydrogen (secondary N) is 2. The molecule has 8 heteroatoms. The van der Waals surface area contributed by atoms with Crippen molar-refractivity contribution in [3.05, 3.63) is 33.3 Å². The van der Waals surface area contributed by atoms with Crippen molar-refractivity contribution < 1.29 is 4.79 Å². The maximum absolute atomic E-state index is 11.5. The van der Waals surface area contributed by atoms with E-state index >= 15 is 0 Å². The fourth-order valence-electron chi connectivity index (χ4n) is 3.09. The number of rotatable bonds is 5. The average molecular weight is 558 g/mol. The van der Waals surface area contributed by atoms with Crippen LogP contribution < -0.4 is 10.6 Å². The first-order chi connectivity index (χ1) is 12.0. The maximum Gasteiger partial charge on any atom is 0.220 e. The molecular formula is C18H27BrClIN4O. The van der Waals surface area contributed by atoms with Crippen molar-refractivity contribution in [1.29, 1.82) is 0 Å². The SMILES string of the molecule is CN=C(NCCc1cc(Cl)ccc1Br)N1CCC(CC(=O)NC)CC1.I. The van der Waals surface area contributed by atoms with E-state index in [-0.39, 0.29) is 29.9 Å². The second kappa shape index (κ2) is 12.0. The number of carbonyl (C=O) groups excluding carboxylic acids is 1. The fraction of sp³-hybridized carbons (Fsp3) is 0.556. The van der Waals surface area contributed by atoms with Crippen LogP contribution >= 0.6 is 51.5 Å². The molecule has 2 N–H and O–H groups in total. The van der Waals surface area contributed by atoms with E-state index in [1.807, 2.05) is 25.2 Å². The van der Waals surface area contributed by atoms with Gasteiger partial charge in [0.25, 0.3) is 0 Å². The zero-order valence-electron chi connectivity index (χ0n) is 15.2. The van der Waals surface area contributed by atoms with E-state index < -0.39 is 0 Å². The Morgan fingerprint density at radius 2 is 2.08 bits per heavy atom. The molecule has 1 aromatic rings. The molecule has 146 valence electrons. The molecule has 1 fully saturated rings. The Hall–Kier alpha value is -0.540. The van der Waals surface area contributed by atoms with E-state index in [2.05, 4.69) is 36.5 Å². The largest absolute Gasteiger partial charge is 0.359 e. The van der Waals surface area contributed by atoms with Crippen molar-refractivity contribution in [2.24, 2.45) is 10.9 Å². The number of carbonyl (C=O) groups is 1. The molecule has 0 spiro atoms. The highest BCUT2D eigenvalue weighted by Gasteiger charge is 2.22. The molecule has 5 nitrogen and oxygen atoms in total. The summed E-state index contributed by atoms with van der Waals surface area (Å²) in [7, 11) is 3.51. The predicted molar refractivity (Wildman–Crippen MR) is 123 cm³/mol. The van der Waals surface area contributed by atoms with Crippen LogP contribution in [-0.4, -0.2) is 50.5 Å². The molecule has 0 saturated carbocycles. The van der Waals surface area contributed by atoms with Gasteiger partial charge in [0.15, 0.2) is 5.96 Å². The summed E-state index contributed by atoms with van der Waals surface area (Å²) in [5, 5.41) is 6.89. The molecule has 0 bridgehead atoms. The molecule has 1 aliphatic rings. The van der Waals surface area contributed by atoms with Crippen LogP contribution in [0, 0.1) is 5.92 Å². The molecule has 1 aromatic carbocycles. The predicted octanol–water partition coefficient (Wildman–Crippen LogP) is 3.69. The van der Waals surface area contributed by atoms with Crippen LogP contribution in [0.2, 0.25) is 5.02 Å². The summed E-state index contributed by atoms with van der Waals surface area (Å²) in [5.41, 5.74) is 1.18. The van der Waals surface area contributed by atoms with Crippen molar-refractivity contribution in [2.45, 2.75) is 25.7 Å². The van der Waals surface area contributed by atoms with Gasteiger partial charge in [-0.05, 0) is 48.9 Å². The summed E-state index contributed by atoms with van der Waals surface area (Å²) >= 11 is 9.63. The molecule has 0 radical (unpaired) electrons. The molecule has 1 saturated heterocycles. The smallest absolute Gasteiger partial charge is 0.220 e. The highest BCUT2D eigenvalue weighted by molar-refractivity contribution is 14.0. The van der Waals surface area contributed by atoms with Crippen molar-refractivity contribution in [2.75, 3.05) is 33.7 Å². The Morgan fingerprint density at radius 3 is 2.69 bits per heavy atom. The monoisotopic (exact) mass is 556 g/mol. The number of nitrogens with zero attached hydrogens (tertiary/aromatic N) is 2. The molecule has 0 atom stereocenters. The highest BCUT2D eigenvalue weighted by atomic mass is 127. The van der Waals surface area contributed by atoms with Crippen LogP contribution in [0.5, 0.6) is 0 Å². The molecular weight excluding hydrogens is 530 g/mol. The van der Waals surface area contributed by atoms with Crippen LogP contribution in [0.1, 0.15) is 24.8 Å². The van der Waals surface area contributed by atoms with Gasteiger partial charge in [-0.1, -0.05) is 27.5 Å². The fourth-order valence-corrected chi connectivity index (χ4v) is 3.73. The number of piperidine rings is 1. The van der Waals surface area contributed by atoms with Gasteiger partial charge in [0.05, 0.1) is 0 Å². The van der Waals surface area contributed by atoms with Crippen LogP contribution in [0.3, 0.4) is 0 Å². The molecule has 1 aliphatic heterocycles. The number of guanidine groups is 1. The Balaban J connectivity index is 0.00000338. The summed E-state index contributed by atoms with van der Waals surface area (Å²) in [6.45, 7) is 2.66. The lowest BCUT2D eigenvalue weighted by atomic mass is 9.93. The van der Waals surface area contributed by atoms with Crippen molar-refractivity contribution in [1.82, 2.24) is 15.5 Å². The van der Waals surface area contributed by atoms with Gasteiger partial charge >= 0.3 is 0 Å². The first-order valence-corrected chi connectivity index (χ1v) is 9.80. The Labute approximate surface area is 186 Å². The first kappa shape index (κ1) is 23.5. The number of hydrogen-bond acceptors (Lipinski definition) is 2. The van der Waals surface area contributed by atoms with Gasteiger partial charge in [-0.2, -0.15) is 0 Å². The number of aliphatic imine (C=N–C) groups is 1. The summed E-state index contributed by atoms with van der Waals surface area (Å²) in [5.74, 6) is 1.53. The molecule has 26 heavy (non-hydrogen) atoms. The third-order valence-electron chi connectivity index (χ3n) is 4.56. The first-order valence-electron chi connectivity index (χ1n) is 8.63. The average Bonchev–Trinajstić information content (AvgIpc) is 2.62. The van der Waals surface area contributed by atoms with Crippen molar-refractivity contribution in [3.8, 4) is 0 Å². The quantitative estimate of drug-likeness (QED) is 0.330. The molecule has 0 aliphatic carbocycles. The molecule has 2 rings (SSSR count). The number of amides is 1. The van der Waals surface area contributed by atoms with Gasteiger partial charge in [0, 0.05) is 49.6 Å². The van der Waals surface area contributed by atoms with Gasteiger partial charge in [-0.15, -0.1) is 24.0 Å². The Bertz CT molecular complexity index is 621. The number of likely N-dealkylation sites (tertiary alicyclic amines) is 1. The van der Waals surface area contributed by atoms with Gasteiger partial charge < -0.3 is 15.5 Å². The number of halogens is 3. The van der Waals surface area contributed by atoms with E-state index in [4.69, 9.17) is 11.6 Å². The third-order valence-corrected chi connectivity index (χ3v) is 5.57. The van der Waals surface area contributed by atoms with Crippen LogP contribution in [0.15, 0.2) is 27.7 Å². The number of benzene rings is 1. The lowest BCUT2D eigenvalue weighted by Crippen LogP contribution is -2.46. The third kappa shape index (κ3) is 7.23. The zero-order valence-corrected chi connectivity index (χ0v) is 19.9. The standard InChI is InChI=1S/C18H26BrClN4O.HI/c1-21-17(25)11-13-6-9-24(10-7-13)18(22-2)23-8-5-14-12-15(20)3-4-16(14)19;/h3-4,12-13H,5-11H2,1-2H3,(H,21,25)(H,22,23);1H. The second-order valence-electron chi connectivity index (χ2n) is 6.27. The summed E-state index contributed by atoms with van der Waals surface area (Å²) < 4.78 is 1.07. The minimum absolute atomic E-state index is 0. The summed E-state index contributed by atoms with van der Waals surface area (Å²) in [4.78, 5) is 18.2. The highest BCUT2D eigenvalue weighted by Crippen LogP contribution is 2.22. The lowest BCUT2D eigenvalue weighted by Gasteiger charge is -2.34. The van der Waals surface area contributed by atoms with Gasteiger partial charge in [-0.3, -0.25) is 9.79 Å². The van der Waals surface area contributed by atoms with Crippen LogP contribution in [0.4, 0.5) is 0 Å². The van der Waals surface area contributed by atoms with Gasteiger partial charge in [-0.25, -0.2) is 0 Å². The normalized spacial score (nSPS) is 15.4. The van der Waals surface area contributed by atoms with Crippen molar-refractivity contribution >= 4 is 63.4 Å². The van der Waals surface area contributed by atoms with E-state index in [0.717, 1.165) is 54.4 Å². The second-order valence-corrected chi connectivity index (χ2v) is 7.56.